The molecule has 1 aliphatic rings. The number of pyridine rings is 1. The lowest BCUT2D eigenvalue weighted by molar-refractivity contribution is 0.00927. The first-order valence-electron chi connectivity index (χ1n) is 7.07. The summed E-state index contributed by atoms with van der Waals surface area (Å²) in [7, 11) is 0. The highest BCUT2D eigenvalue weighted by Gasteiger charge is 2.21. The Morgan fingerprint density at radius 1 is 1.37 bits per heavy atom. The molecule has 0 amide bonds. The summed E-state index contributed by atoms with van der Waals surface area (Å²) in [5.74, 6) is 0. The number of nitrogens with one attached hydrogen (secondary N) is 1. The molecule has 3 nitrogen and oxygen atoms in total. The molecule has 0 aliphatic carbocycles. The Hall–Kier alpha value is -1.61. The predicted molar refractivity (Wildman–Crippen MR) is 78.4 cm³/mol. The van der Waals surface area contributed by atoms with Crippen molar-refractivity contribution in [2.45, 2.75) is 38.3 Å². The average molecular weight is 256 g/mol. The largest absolute Gasteiger partial charge is 0.382 e. The van der Waals surface area contributed by atoms with Crippen LogP contribution in [0.1, 0.15) is 26.2 Å². The normalized spacial score (nSPS) is 23.4. The van der Waals surface area contributed by atoms with Crippen LogP contribution in [-0.4, -0.2) is 23.7 Å². The summed E-state index contributed by atoms with van der Waals surface area (Å²) in [6.45, 7) is 3.05. The lowest BCUT2D eigenvalue weighted by atomic mass is 10.0. The number of nitrogens with zero attached hydrogens (tertiary/aromatic N) is 1. The number of rotatable bonds is 3. The van der Waals surface area contributed by atoms with E-state index in [1.165, 1.54) is 16.5 Å². The van der Waals surface area contributed by atoms with Gasteiger partial charge in [-0.25, -0.2) is 0 Å². The van der Waals surface area contributed by atoms with Gasteiger partial charge in [0.25, 0.3) is 0 Å². The highest BCUT2D eigenvalue weighted by atomic mass is 16.5. The van der Waals surface area contributed by atoms with Crippen molar-refractivity contribution < 1.29 is 4.74 Å². The first kappa shape index (κ1) is 12.4. The van der Waals surface area contributed by atoms with Gasteiger partial charge in [0.2, 0.25) is 0 Å². The molecule has 0 saturated carbocycles. The van der Waals surface area contributed by atoms with Crippen molar-refractivity contribution in [1.82, 2.24) is 4.98 Å². The maximum atomic E-state index is 5.73. The standard InChI is InChI=1S/C16H20N2O/c1-2-14-10-13(7-9-19-14)18-16-5-3-4-12-6-8-17-11-15(12)16/h3-6,8,11,13-14,18H,2,7,9-10H2,1H3. The van der Waals surface area contributed by atoms with Crippen LogP contribution >= 0.6 is 0 Å². The van der Waals surface area contributed by atoms with Crippen molar-refractivity contribution in [3.05, 3.63) is 36.7 Å². The van der Waals surface area contributed by atoms with E-state index in [4.69, 9.17) is 4.74 Å². The van der Waals surface area contributed by atoms with Gasteiger partial charge in [0, 0.05) is 36.1 Å². The molecule has 1 fully saturated rings. The van der Waals surface area contributed by atoms with Crippen LogP contribution in [-0.2, 0) is 4.74 Å². The Balaban J connectivity index is 1.81. The van der Waals surface area contributed by atoms with Crippen LogP contribution in [0.25, 0.3) is 10.8 Å². The molecule has 2 unspecified atom stereocenters. The van der Waals surface area contributed by atoms with Crippen molar-refractivity contribution >= 4 is 16.5 Å². The van der Waals surface area contributed by atoms with E-state index < -0.39 is 0 Å². The van der Waals surface area contributed by atoms with Gasteiger partial charge in [0.1, 0.15) is 0 Å². The minimum atomic E-state index is 0.402. The molecular weight excluding hydrogens is 236 g/mol. The van der Waals surface area contributed by atoms with Gasteiger partial charge in [-0.3, -0.25) is 4.98 Å². The van der Waals surface area contributed by atoms with Gasteiger partial charge in [-0.15, -0.1) is 0 Å². The third kappa shape index (κ3) is 2.71. The molecule has 2 heterocycles. The molecule has 3 rings (SSSR count). The monoisotopic (exact) mass is 256 g/mol. The molecule has 2 aromatic rings. The summed E-state index contributed by atoms with van der Waals surface area (Å²) >= 11 is 0. The first-order valence-corrected chi connectivity index (χ1v) is 7.07. The minimum absolute atomic E-state index is 0.402. The Labute approximate surface area is 114 Å². The third-order valence-electron chi connectivity index (χ3n) is 3.87. The molecule has 0 bridgehead atoms. The Bertz CT molecular complexity index is 550. The summed E-state index contributed by atoms with van der Waals surface area (Å²) in [4.78, 5) is 4.23. The van der Waals surface area contributed by atoms with E-state index in [9.17, 15) is 0 Å². The van der Waals surface area contributed by atoms with E-state index in [2.05, 4.69) is 41.5 Å². The van der Waals surface area contributed by atoms with Crippen molar-refractivity contribution in [2.24, 2.45) is 0 Å². The molecular formula is C16H20N2O. The second-order valence-electron chi connectivity index (χ2n) is 5.17. The van der Waals surface area contributed by atoms with Crippen LogP contribution in [0.5, 0.6) is 0 Å². The summed E-state index contributed by atoms with van der Waals surface area (Å²) < 4.78 is 5.73. The van der Waals surface area contributed by atoms with Gasteiger partial charge in [0.05, 0.1) is 6.10 Å². The molecule has 1 aliphatic heterocycles. The van der Waals surface area contributed by atoms with E-state index >= 15 is 0 Å². The number of aromatic nitrogens is 1. The van der Waals surface area contributed by atoms with E-state index in [0.717, 1.165) is 25.9 Å². The van der Waals surface area contributed by atoms with E-state index in [1.807, 2.05) is 12.4 Å². The first-order chi connectivity index (χ1) is 9.36. The van der Waals surface area contributed by atoms with Crippen molar-refractivity contribution in [1.29, 1.82) is 0 Å². The van der Waals surface area contributed by atoms with Gasteiger partial charge in [-0.1, -0.05) is 19.1 Å². The molecule has 1 aromatic heterocycles. The summed E-state index contributed by atoms with van der Waals surface area (Å²) in [5.41, 5.74) is 1.19. The lowest BCUT2D eigenvalue weighted by Crippen LogP contribution is -2.33. The van der Waals surface area contributed by atoms with Crippen LogP contribution in [0, 0.1) is 0 Å². The SMILES string of the molecule is CCC1CC(Nc2cccc3ccncc23)CCO1. The Morgan fingerprint density at radius 3 is 3.21 bits per heavy atom. The van der Waals surface area contributed by atoms with E-state index in [1.54, 1.807) is 0 Å². The molecule has 3 heteroatoms. The average Bonchev–Trinajstić information content (AvgIpc) is 2.48. The second-order valence-corrected chi connectivity index (χ2v) is 5.17. The van der Waals surface area contributed by atoms with E-state index in [-0.39, 0.29) is 0 Å². The summed E-state index contributed by atoms with van der Waals surface area (Å²) in [6.07, 6.45) is 7.44. The number of hydrogen-bond acceptors (Lipinski definition) is 3. The molecule has 1 N–H and O–H groups in total. The fourth-order valence-corrected chi connectivity index (χ4v) is 2.75. The van der Waals surface area contributed by atoms with Crippen LogP contribution in [0.15, 0.2) is 36.7 Å². The quantitative estimate of drug-likeness (QED) is 0.911. The predicted octanol–water partition coefficient (Wildman–Crippen LogP) is 3.60. The van der Waals surface area contributed by atoms with Crippen LogP contribution in [0.4, 0.5) is 5.69 Å². The zero-order valence-corrected chi connectivity index (χ0v) is 11.3. The van der Waals surface area contributed by atoms with Gasteiger partial charge in [0.15, 0.2) is 0 Å². The lowest BCUT2D eigenvalue weighted by Gasteiger charge is -2.30. The highest BCUT2D eigenvalue weighted by Crippen LogP contribution is 2.26. The highest BCUT2D eigenvalue weighted by molar-refractivity contribution is 5.93. The van der Waals surface area contributed by atoms with Gasteiger partial charge in [-0.2, -0.15) is 0 Å². The van der Waals surface area contributed by atoms with Crippen LogP contribution < -0.4 is 5.32 Å². The Kier molecular flexibility index (Phi) is 3.65. The van der Waals surface area contributed by atoms with Crippen molar-refractivity contribution in [3.63, 3.8) is 0 Å². The third-order valence-corrected chi connectivity index (χ3v) is 3.87. The number of fused-ring (bicyclic) bond motifs is 1. The topological polar surface area (TPSA) is 34.2 Å². The summed E-state index contributed by atoms with van der Waals surface area (Å²) in [5, 5.41) is 6.10. The van der Waals surface area contributed by atoms with Crippen molar-refractivity contribution in [2.75, 3.05) is 11.9 Å². The molecule has 0 radical (unpaired) electrons. The molecule has 19 heavy (non-hydrogen) atoms. The molecule has 1 aromatic carbocycles. The minimum Gasteiger partial charge on any atom is -0.382 e. The zero-order chi connectivity index (χ0) is 13.1. The number of benzene rings is 1. The van der Waals surface area contributed by atoms with Crippen LogP contribution in [0.2, 0.25) is 0 Å². The summed E-state index contributed by atoms with van der Waals surface area (Å²) in [6, 6.07) is 8.92. The molecule has 100 valence electrons. The van der Waals surface area contributed by atoms with E-state index in [0.29, 0.717) is 12.1 Å². The maximum absolute atomic E-state index is 5.73. The van der Waals surface area contributed by atoms with Crippen molar-refractivity contribution in [3.8, 4) is 0 Å². The zero-order valence-electron chi connectivity index (χ0n) is 11.3. The Morgan fingerprint density at radius 2 is 2.32 bits per heavy atom. The van der Waals surface area contributed by atoms with Gasteiger partial charge >= 0.3 is 0 Å². The van der Waals surface area contributed by atoms with Gasteiger partial charge in [-0.05, 0) is 36.8 Å². The number of anilines is 1. The molecule has 2 atom stereocenters. The molecule has 1 saturated heterocycles. The van der Waals surface area contributed by atoms with Crippen LogP contribution in [0.3, 0.4) is 0 Å². The maximum Gasteiger partial charge on any atom is 0.0592 e. The number of ether oxygens (including phenoxy) is 1. The number of hydrogen-bond donors (Lipinski definition) is 1. The van der Waals surface area contributed by atoms with Gasteiger partial charge < -0.3 is 10.1 Å². The fourth-order valence-electron chi connectivity index (χ4n) is 2.75. The second kappa shape index (κ2) is 5.57. The smallest absolute Gasteiger partial charge is 0.0592 e. The molecule has 0 spiro atoms. The fraction of sp³-hybridized carbons (Fsp3) is 0.438.